The summed E-state index contributed by atoms with van der Waals surface area (Å²) in [6, 6.07) is -0.133. The third-order valence-corrected chi connectivity index (χ3v) is 2.37. The largest absolute Gasteiger partial charge is 0.376 e. The summed E-state index contributed by atoms with van der Waals surface area (Å²) in [6.45, 7) is 3.43. The van der Waals surface area contributed by atoms with Crippen molar-refractivity contribution in [2.24, 2.45) is 5.73 Å². The van der Waals surface area contributed by atoms with Gasteiger partial charge in [0.2, 0.25) is 0 Å². The highest BCUT2D eigenvalue weighted by atomic mass is 16.5. The van der Waals surface area contributed by atoms with Crippen LogP contribution >= 0.6 is 0 Å². The zero-order valence-electron chi connectivity index (χ0n) is 8.26. The van der Waals surface area contributed by atoms with E-state index in [4.69, 9.17) is 10.5 Å². The molecule has 6 nitrogen and oxygen atoms in total. The number of ether oxygens (including phenoxy) is 1. The summed E-state index contributed by atoms with van der Waals surface area (Å²) in [5.41, 5.74) is 5.73. The second-order valence-electron chi connectivity index (χ2n) is 3.64. The molecule has 2 atom stereocenters. The first kappa shape index (κ1) is 9.54. The summed E-state index contributed by atoms with van der Waals surface area (Å²) in [7, 11) is 0. The summed E-state index contributed by atoms with van der Waals surface area (Å²) in [5.74, 6) is 0.723. The lowest BCUT2D eigenvalue weighted by Gasteiger charge is -2.11. The highest BCUT2D eigenvalue weighted by Gasteiger charge is 2.19. The zero-order valence-corrected chi connectivity index (χ0v) is 8.26. The molecule has 0 aromatic carbocycles. The van der Waals surface area contributed by atoms with E-state index in [-0.39, 0.29) is 12.1 Å². The molecule has 14 heavy (non-hydrogen) atoms. The number of nitrogens with zero attached hydrogens (tertiary/aromatic N) is 4. The third kappa shape index (κ3) is 1.91. The van der Waals surface area contributed by atoms with Crippen LogP contribution in [-0.2, 0) is 11.3 Å². The van der Waals surface area contributed by atoms with Gasteiger partial charge < -0.3 is 10.5 Å². The molecule has 0 radical (unpaired) electrons. The van der Waals surface area contributed by atoms with Gasteiger partial charge in [-0.15, -0.1) is 5.10 Å². The standard InChI is InChI=1S/C8H15N5O/c1-6(9)8-10-11-12-13(8)5-7-3-2-4-14-7/h6-7H,2-5,9H2,1H3. The summed E-state index contributed by atoms with van der Waals surface area (Å²) in [6.07, 6.45) is 2.45. The van der Waals surface area contributed by atoms with Crippen LogP contribution < -0.4 is 5.73 Å². The quantitative estimate of drug-likeness (QED) is 0.730. The maximum Gasteiger partial charge on any atom is 0.167 e. The van der Waals surface area contributed by atoms with Crippen molar-refractivity contribution in [2.45, 2.75) is 38.5 Å². The van der Waals surface area contributed by atoms with Crippen LogP contribution in [0, 0.1) is 0 Å². The van der Waals surface area contributed by atoms with Crippen LogP contribution in [0.3, 0.4) is 0 Å². The molecule has 1 fully saturated rings. The van der Waals surface area contributed by atoms with Crippen LogP contribution in [0.15, 0.2) is 0 Å². The van der Waals surface area contributed by atoms with Gasteiger partial charge in [0.1, 0.15) is 0 Å². The molecular formula is C8H15N5O. The van der Waals surface area contributed by atoms with Crippen molar-refractivity contribution in [2.75, 3.05) is 6.61 Å². The SMILES string of the molecule is CC(N)c1nnnn1CC1CCCO1. The van der Waals surface area contributed by atoms with Gasteiger partial charge in [-0.3, -0.25) is 0 Å². The Morgan fingerprint density at radius 3 is 3.21 bits per heavy atom. The molecule has 2 unspecified atom stereocenters. The van der Waals surface area contributed by atoms with Gasteiger partial charge in [0.25, 0.3) is 0 Å². The van der Waals surface area contributed by atoms with Crippen LogP contribution in [-0.4, -0.2) is 32.9 Å². The number of aromatic nitrogens is 4. The molecule has 1 aromatic heterocycles. The minimum atomic E-state index is -0.133. The van der Waals surface area contributed by atoms with E-state index in [0.717, 1.165) is 25.3 Å². The summed E-state index contributed by atoms with van der Waals surface area (Å²) in [5, 5.41) is 11.4. The van der Waals surface area contributed by atoms with Gasteiger partial charge in [-0.25, -0.2) is 4.68 Å². The van der Waals surface area contributed by atoms with E-state index < -0.39 is 0 Å². The Kier molecular flexibility index (Phi) is 2.74. The minimum Gasteiger partial charge on any atom is -0.376 e. The highest BCUT2D eigenvalue weighted by Crippen LogP contribution is 2.14. The maximum absolute atomic E-state index is 5.73. The van der Waals surface area contributed by atoms with Gasteiger partial charge in [-0.05, 0) is 30.2 Å². The Hall–Kier alpha value is -1.01. The van der Waals surface area contributed by atoms with Gasteiger partial charge in [0.15, 0.2) is 5.82 Å². The number of hydrogen-bond donors (Lipinski definition) is 1. The average Bonchev–Trinajstić information content (AvgIpc) is 2.75. The predicted octanol–water partition coefficient (Wildman–Crippen LogP) is -0.128. The first-order chi connectivity index (χ1) is 6.77. The number of hydrogen-bond acceptors (Lipinski definition) is 5. The highest BCUT2D eigenvalue weighted by molar-refractivity contribution is 4.88. The van der Waals surface area contributed by atoms with Crippen molar-refractivity contribution in [3.63, 3.8) is 0 Å². The van der Waals surface area contributed by atoms with Crippen molar-refractivity contribution in [1.29, 1.82) is 0 Å². The molecule has 6 heteroatoms. The van der Waals surface area contributed by atoms with Crippen LogP contribution in [0.4, 0.5) is 0 Å². The monoisotopic (exact) mass is 197 g/mol. The first-order valence-corrected chi connectivity index (χ1v) is 4.90. The molecule has 1 aromatic rings. The fourth-order valence-electron chi connectivity index (χ4n) is 1.65. The lowest BCUT2D eigenvalue weighted by atomic mass is 10.2. The van der Waals surface area contributed by atoms with E-state index in [2.05, 4.69) is 15.5 Å². The topological polar surface area (TPSA) is 78.9 Å². The van der Waals surface area contributed by atoms with Crippen LogP contribution in [0.1, 0.15) is 31.6 Å². The van der Waals surface area contributed by atoms with Crippen molar-refractivity contribution >= 4 is 0 Å². The van der Waals surface area contributed by atoms with E-state index in [9.17, 15) is 0 Å². The van der Waals surface area contributed by atoms with Crippen LogP contribution in [0.5, 0.6) is 0 Å². The van der Waals surface area contributed by atoms with E-state index >= 15 is 0 Å². The normalized spacial score (nSPS) is 24.0. The molecule has 1 saturated heterocycles. The van der Waals surface area contributed by atoms with Crippen molar-refractivity contribution in [3.8, 4) is 0 Å². The van der Waals surface area contributed by atoms with E-state index in [1.807, 2.05) is 6.92 Å². The summed E-state index contributed by atoms with van der Waals surface area (Å²) < 4.78 is 7.24. The molecule has 2 heterocycles. The minimum absolute atomic E-state index is 0.133. The van der Waals surface area contributed by atoms with Gasteiger partial charge >= 0.3 is 0 Å². The lowest BCUT2D eigenvalue weighted by molar-refractivity contribution is 0.0924. The Bertz CT molecular complexity index is 292. The Labute approximate surface area is 82.4 Å². The molecule has 0 saturated carbocycles. The molecule has 0 bridgehead atoms. The van der Waals surface area contributed by atoms with Gasteiger partial charge in [0.05, 0.1) is 18.7 Å². The van der Waals surface area contributed by atoms with Crippen molar-refractivity contribution in [1.82, 2.24) is 20.2 Å². The van der Waals surface area contributed by atoms with Crippen LogP contribution in [0.25, 0.3) is 0 Å². The van der Waals surface area contributed by atoms with E-state index in [1.54, 1.807) is 4.68 Å². The van der Waals surface area contributed by atoms with Gasteiger partial charge in [-0.2, -0.15) is 0 Å². The number of nitrogens with two attached hydrogens (primary N) is 1. The van der Waals surface area contributed by atoms with Gasteiger partial charge in [-0.1, -0.05) is 0 Å². The van der Waals surface area contributed by atoms with Crippen LogP contribution in [0.2, 0.25) is 0 Å². The Morgan fingerprint density at radius 2 is 2.57 bits per heavy atom. The molecule has 1 aliphatic heterocycles. The zero-order chi connectivity index (χ0) is 9.97. The second-order valence-corrected chi connectivity index (χ2v) is 3.64. The first-order valence-electron chi connectivity index (χ1n) is 4.90. The molecular weight excluding hydrogens is 182 g/mol. The second kappa shape index (κ2) is 4.02. The molecule has 1 aliphatic rings. The van der Waals surface area contributed by atoms with E-state index in [0.29, 0.717) is 6.54 Å². The smallest absolute Gasteiger partial charge is 0.167 e. The predicted molar refractivity (Wildman–Crippen MR) is 49.4 cm³/mol. The molecule has 78 valence electrons. The average molecular weight is 197 g/mol. The maximum atomic E-state index is 5.73. The number of tetrazole rings is 1. The molecule has 2 rings (SSSR count). The third-order valence-electron chi connectivity index (χ3n) is 2.37. The summed E-state index contributed by atoms with van der Waals surface area (Å²) >= 11 is 0. The number of rotatable bonds is 3. The Morgan fingerprint density at radius 1 is 1.71 bits per heavy atom. The molecule has 0 spiro atoms. The fraction of sp³-hybridized carbons (Fsp3) is 0.875. The molecule has 0 aliphatic carbocycles. The molecule has 2 N–H and O–H groups in total. The molecule has 0 amide bonds. The van der Waals surface area contributed by atoms with Crippen molar-refractivity contribution < 1.29 is 4.74 Å². The lowest BCUT2D eigenvalue weighted by Crippen LogP contribution is -2.21. The Balaban J connectivity index is 2.04. The van der Waals surface area contributed by atoms with Crippen molar-refractivity contribution in [3.05, 3.63) is 5.82 Å². The van der Waals surface area contributed by atoms with E-state index in [1.165, 1.54) is 0 Å². The van der Waals surface area contributed by atoms with Gasteiger partial charge in [0, 0.05) is 6.61 Å². The summed E-state index contributed by atoms with van der Waals surface area (Å²) in [4.78, 5) is 0. The fourth-order valence-corrected chi connectivity index (χ4v) is 1.65.